The van der Waals surface area contributed by atoms with Gasteiger partial charge in [0.2, 0.25) is 5.88 Å². The molecular weight excluding hydrogens is 404 g/mol. The van der Waals surface area contributed by atoms with Gasteiger partial charge in [-0.15, -0.1) is 0 Å². The molecule has 2 aromatic carbocycles. The third-order valence-electron chi connectivity index (χ3n) is 5.15. The Labute approximate surface area is 166 Å². The first-order valence-electron chi connectivity index (χ1n) is 8.73. The summed E-state index contributed by atoms with van der Waals surface area (Å²) in [7, 11) is 0. The van der Waals surface area contributed by atoms with Crippen LogP contribution in [0.4, 0.5) is 0 Å². The molecule has 4 rings (SSSR count). The van der Waals surface area contributed by atoms with Crippen molar-refractivity contribution in [3.05, 3.63) is 93.0 Å². The molecule has 0 amide bonds. The van der Waals surface area contributed by atoms with E-state index in [9.17, 15) is 10.1 Å². The van der Waals surface area contributed by atoms with Crippen LogP contribution < -0.4 is 5.73 Å². The maximum atomic E-state index is 13.1. The molecule has 0 spiro atoms. The minimum atomic E-state index is -0.501. The zero-order chi connectivity index (χ0) is 19.0. The van der Waals surface area contributed by atoms with Gasteiger partial charge >= 0.3 is 0 Å². The Kier molecular flexibility index (Phi) is 4.59. The number of ether oxygens (including phenoxy) is 1. The van der Waals surface area contributed by atoms with Crippen LogP contribution in [0.15, 0.2) is 81.9 Å². The summed E-state index contributed by atoms with van der Waals surface area (Å²) < 4.78 is 6.62. The number of Topliss-reactive ketones (excluding diaryl/α,β-unsaturated/α-hetero) is 1. The van der Waals surface area contributed by atoms with E-state index in [2.05, 4.69) is 22.0 Å². The Morgan fingerprint density at radius 1 is 1.07 bits per heavy atom. The van der Waals surface area contributed by atoms with Crippen LogP contribution in [0.3, 0.4) is 0 Å². The lowest BCUT2D eigenvalue weighted by Gasteiger charge is -2.34. The van der Waals surface area contributed by atoms with E-state index in [0.717, 1.165) is 15.6 Å². The fourth-order valence-corrected chi connectivity index (χ4v) is 4.40. The van der Waals surface area contributed by atoms with Gasteiger partial charge in [-0.3, -0.25) is 4.79 Å². The Balaban J connectivity index is 1.82. The van der Waals surface area contributed by atoms with E-state index in [1.54, 1.807) is 0 Å². The predicted molar refractivity (Wildman–Crippen MR) is 105 cm³/mol. The molecule has 0 fully saturated rings. The van der Waals surface area contributed by atoms with E-state index < -0.39 is 5.92 Å². The molecule has 1 heterocycles. The summed E-state index contributed by atoms with van der Waals surface area (Å²) in [5.41, 5.74) is 8.87. The van der Waals surface area contributed by atoms with Gasteiger partial charge in [-0.2, -0.15) is 5.26 Å². The highest BCUT2D eigenvalue weighted by atomic mass is 79.9. The molecule has 0 radical (unpaired) electrons. The highest BCUT2D eigenvalue weighted by Crippen LogP contribution is 2.47. The topological polar surface area (TPSA) is 76.1 Å². The number of halogens is 1. The minimum absolute atomic E-state index is 0.00565. The third kappa shape index (κ3) is 3.07. The SMILES string of the molecule is N#CC1=C(N)OC2=C(C(=O)C[C@H](c3ccccc3)C2)[C@@H]1c1ccccc1Br. The van der Waals surface area contributed by atoms with Gasteiger partial charge < -0.3 is 10.5 Å². The average molecular weight is 421 g/mol. The van der Waals surface area contributed by atoms with Crippen LogP contribution in [-0.2, 0) is 9.53 Å². The standard InChI is InChI=1S/C22H17BrN2O2/c23-17-9-5-4-8-15(17)20-16(12-24)22(25)27-19-11-14(10-18(26)21(19)20)13-6-2-1-3-7-13/h1-9,14,20H,10-11,25H2/t14-,20+/m0/s1. The third-order valence-corrected chi connectivity index (χ3v) is 5.87. The number of rotatable bonds is 2. The van der Waals surface area contributed by atoms with Crippen molar-refractivity contribution in [2.24, 2.45) is 5.73 Å². The van der Waals surface area contributed by atoms with Crippen LogP contribution in [-0.4, -0.2) is 5.78 Å². The van der Waals surface area contributed by atoms with Gasteiger partial charge in [-0.05, 0) is 23.1 Å². The Morgan fingerprint density at radius 3 is 2.48 bits per heavy atom. The molecule has 0 aromatic heterocycles. The highest BCUT2D eigenvalue weighted by molar-refractivity contribution is 9.10. The molecule has 0 bridgehead atoms. The second-order valence-corrected chi connectivity index (χ2v) is 7.58. The molecule has 2 aromatic rings. The maximum Gasteiger partial charge on any atom is 0.205 e. The van der Waals surface area contributed by atoms with Gasteiger partial charge in [-0.1, -0.05) is 64.5 Å². The molecule has 0 unspecified atom stereocenters. The van der Waals surface area contributed by atoms with Crippen molar-refractivity contribution >= 4 is 21.7 Å². The van der Waals surface area contributed by atoms with Gasteiger partial charge in [0.25, 0.3) is 0 Å². The Morgan fingerprint density at radius 2 is 1.78 bits per heavy atom. The summed E-state index contributed by atoms with van der Waals surface area (Å²) >= 11 is 3.55. The molecule has 134 valence electrons. The van der Waals surface area contributed by atoms with Crippen molar-refractivity contribution in [2.75, 3.05) is 0 Å². The molecule has 5 heteroatoms. The molecule has 4 nitrogen and oxygen atoms in total. The molecule has 27 heavy (non-hydrogen) atoms. The number of hydrogen-bond acceptors (Lipinski definition) is 4. The summed E-state index contributed by atoms with van der Waals surface area (Å²) in [6, 6.07) is 19.7. The number of carbonyl (C=O) groups excluding carboxylic acids is 1. The first kappa shape index (κ1) is 17.6. The van der Waals surface area contributed by atoms with E-state index in [1.165, 1.54) is 0 Å². The number of nitrogens with two attached hydrogens (primary N) is 1. The number of hydrogen-bond donors (Lipinski definition) is 1. The second kappa shape index (κ2) is 7.05. The van der Waals surface area contributed by atoms with Crippen molar-refractivity contribution in [1.29, 1.82) is 5.26 Å². The minimum Gasteiger partial charge on any atom is -0.444 e. The van der Waals surface area contributed by atoms with Crippen LogP contribution in [0.25, 0.3) is 0 Å². The molecule has 1 aliphatic carbocycles. The number of allylic oxidation sites excluding steroid dienone is 3. The van der Waals surface area contributed by atoms with Gasteiger partial charge in [0.05, 0.1) is 5.92 Å². The van der Waals surface area contributed by atoms with Crippen molar-refractivity contribution in [1.82, 2.24) is 0 Å². The zero-order valence-corrected chi connectivity index (χ0v) is 16.1. The lowest BCUT2D eigenvalue weighted by molar-refractivity contribution is -0.117. The van der Waals surface area contributed by atoms with E-state index >= 15 is 0 Å². The molecule has 0 saturated carbocycles. The Bertz CT molecular complexity index is 1020. The summed E-state index contributed by atoms with van der Waals surface area (Å²) in [5, 5.41) is 9.67. The van der Waals surface area contributed by atoms with E-state index in [-0.39, 0.29) is 23.2 Å². The number of ketones is 1. The number of nitriles is 1. The van der Waals surface area contributed by atoms with Crippen molar-refractivity contribution in [3.63, 3.8) is 0 Å². The van der Waals surface area contributed by atoms with Gasteiger partial charge in [0.15, 0.2) is 5.78 Å². The summed E-state index contributed by atoms with van der Waals surface area (Å²) in [5.74, 6) is 0.217. The van der Waals surface area contributed by atoms with E-state index in [1.807, 2.05) is 54.6 Å². The molecule has 2 N–H and O–H groups in total. The maximum absolute atomic E-state index is 13.1. The summed E-state index contributed by atoms with van der Waals surface area (Å²) in [6.45, 7) is 0. The van der Waals surface area contributed by atoms with Crippen molar-refractivity contribution in [2.45, 2.75) is 24.7 Å². The second-order valence-electron chi connectivity index (χ2n) is 6.72. The van der Waals surface area contributed by atoms with Crippen molar-refractivity contribution in [3.8, 4) is 6.07 Å². The predicted octanol–water partition coefficient (Wildman–Crippen LogP) is 4.66. The van der Waals surface area contributed by atoms with Gasteiger partial charge in [0.1, 0.15) is 17.4 Å². The first-order valence-corrected chi connectivity index (χ1v) is 9.52. The quantitative estimate of drug-likeness (QED) is 0.766. The van der Waals surface area contributed by atoms with Gasteiger partial charge in [0, 0.05) is 22.9 Å². The first-order chi connectivity index (χ1) is 13.1. The molecule has 0 saturated heterocycles. The smallest absolute Gasteiger partial charge is 0.205 e. The monoisotopic (exact) mass is 420 g/mol. The lowest BCUT2D eigenvalue weighted by Crippen LogP contribution is -2.30. The molecule has 2 atom stereocenters. The number of carbonyl (C=O) groups is 1. The van der Waals surface area contributed by atoms with Crippen LogP contribution >= 0.6 is 15.9 Å². The summed E-state index contributed by atoms with van der Waals surface area (Å²) in [4.78, 5) is 13.1. The zero-order valence-electron chi connectivity index (χ0n) is 14.5. The highest BCUT2D eigenvalue weighted by Gasteiger charge is 2.41. The average Bonchev–Trinajstić information content (AvgIpc) is 2.68. The number of benzene rings is 2. The van der Waals surface area contributed by atoms with Crippen LogP contribution in [0.1, 0.15) is 35.8 Å². The lowest BCUT2D eigenvalue weighted by atomic mass is 9.73. The fraction of sp³-hybridized carbons (Fsp3) is 0.182. The van der Waals surface area contributed by atoms with E-state index in [4.69, 9.17) is 10.5 Å². The largest absolute Gasteiger partial charge is 0.444 e. The van der Waals surface area contributed by atoms with Crippen LogP contribution in [0, 0.1) is 11.3 Å². The number of nitrogens with zero attached hydrogens (tertiary/aromatic N) is 1. The fourth-order valence-electron chi connectivity index (χ4n) is 3.89. The molecule has 2 aliphatic rings. The van der Waals surface area contributed by atoms with E-state index in [0.29, 0.717) is 24.2 Å². The van der Waals surface area contributed by atoms with Crippen LogP contribution in [0.2, 0.25) is 0 Å². The summed E-state index contributed by atoms with van der Waals surface area (Å²) in [6.07, 6.45) is 0.983. The van der Waals surface area contributed by atoms with Crippen molar-refractivity contribution < 1.29 is 9.53 Å². The normalized spacial score (nSPS) is 22.1. The van der Waals surface area contributed by atoms with Gasteiger partial charge in [-0.25, -0.2) is 0 Å². The Hall–Kier alpha value is -2.84. The van der Waals surface area contributed by atoms with Crippen LogP contribution in [0.5, 0.6) is 0 Å². The molecule has 1 aliphatic heterocycles. The molecular formula is C22H17BrN2O2.